The van der Waals surface area contributed by atoms with Gasteiger partial charge >= 0.3 is 0 Å². The minimum Gasteiger partial charge on any atom is -0.392 e. The third-order valence-electron chi connectivity index (χ3n) is 8.10. The first kappa shape index (κ1) is 22.2. The number of aliphatic hydroxyl groups excluding tert-OH is 2. The summed E-state index contributed by atoms with van der Waals surface area (Å²) in [6.45, 7) is 1.58. The molecule has 1 aliphatic carbocycles. The second-order valence-electron chi connectivity index (χ2n) is 9.99. The van der Waals surface area contributed by atoms with Crippen LogP contribution in [0.5, 0.6) is 0 Å². The van der Waals surface area contributed by atoms with Crippen LogP contribution in [0.2, 0.25) is 0 Å². The van der Waals surface area contributed by atoms with E-state index in [1.807, 2.05) is 29.9 Å². The third-order valence-corrected chi connectivity index (χ3v) is 8.10. The average Bonchev–Trinajstić information content (AvgIpc) is 3.39. The Morgan fingerprint density at radius 1 is 0.914 bits per heavy atom. The lowest BCUT2D eigenvalue weighted by Gasteiger charge is -2.44. The molecule has 2 aliphatic rings. The lowest BCUT2D eigenvalue weighted by molar-refractivity contribution is -0.0402. The molecule has 2 aromatic carbocycles. The number of hydrogen-bond donors (Lipinski definition) is 2. The lowest BCUT2D eigenvalue weighted by atomic mass is 9.73. The molecule has 180 valence electrons. The van der Waals surface area contributed by atoms with Crippen LogP contribution < -0.4 is 4.90 Å². The molecule has 1 saturated heterocycles. The van der Waals surface area contributed by atoms with E-state index in [2.05, 4.69) is 22.0 Å². The van der Waals surface area contributed by atoms with Gasteiger partial charge in [0.05, 0.1) is 47.3 Å². The van der Waals surface area contributed by atoms with E-state index in [9.17, 15) is 14.6 Å². The summed E-state index contributed by atoms with van der Waals surface area (Å²) in [5, 5.41) is 22.1. The van der Waals surface area contributed by atoms with Crippen LogP contribution in [0.4, 0.5) is 10.1 Å². The first-order valence-electron chi connectivity index (χ1n) is 12.2. The number of nitrogens with zero attached hydrogens (tertiary/aromatic N) is 4. The molecule has 2 fully saturated rings. The fourth-order valence-corrected chi connectivity index (χ4v) is 5.99. The Hall–Kier alpha value is -3.29. The molecule has 1 saturated carbocycles. The van der Waals surface area contributed by atoms with Crippen LogP contribution in [0.25, 0.3) is 33.4 Å². The fourth-order valence-electron chi connectivity index (χ4n) is 5.99. The van der Waals surface area contributed by atoms with Gasteiger partial charge in [0.1, 0.15) is 5.82 Å². The van der Waals surface area contributed by atoms with Crippen LogP contribution in [0.3, 0.4) is 0 Å². The van der Waals surface area contributed by atoms with E-state index in [4.69, 9.17) is 4.98 Å². The van der Waals surface area contributed by atoms with Crippen LogP contribution in [-0.2, 0) is 7.05 Å². The molecular formula is C28H29FN4O2. The van der Waals surface area contributed by atoms with E-state index in [-0.39, 0.29) is 11.2 Å². The highest BCUT2D eigenvalue weighted by atomic mass is 19.1. The van der Waals surface area contributed by atoms with E-state index in [1.165, 1.54) is 12.1 Å². The molecule has 35 heavy (non-hydrogen) atoms. The summed E-state index contributed by atoms with van der Waals surface area (Å²) in [7, 11) is 1.96. The van der Waals surface area contributed by atoms with Gasteiger partial charge in [-0.25, -0.2) is 9.37 Å². The number of piperidine rings is 1. The molecule has 0 radical (unpaired) electrons. The Morgan fingerprint density at radius 3 is 2.31 bits per heavy atom. The second-order valence-corrected chi connectivity index (χ2v) is 9.99. The van der Waals surface area contributed by atoms with Crippen LogP contribution in [0, 0.1) is 11.2 Å². The van der Waals surface area contributed by atoms with Crippen molar-refractivity contribution in [3.8, 4) is 22.5 Å². The van der Waals surface area contributed by atoms with Crippen molar-refractivity contribution in [2.24, 2.45) is 12.5 Å². The number of anilines is 1. The summed E-state index contributed by atoms with van der Waals surface area (Å²) in [6.07, 6.45) is 5.81. The number of benzene rings is 2. The predicted octanol–water partition coefficient (Wildman–Crippen LogP) is 4.54. The van der Waals surface area contributed by atoms with Gasteiger partial charge in [-0.1, -0.05) is 6.07 Å². The molecule has 0 amide bonds. The van der Waals surface area contributed by atoms with Crippen molar-refractivity contribution < 1.29 is 14.6 Å². The number of hydrogen-bond acceptors (Lipinski definition) is 5. The van der Waals surface area contributed by atoms with Crippen molar-refractivity contribution in [3.63, 3.8) is 0 Å². The van der Waals surface area contributed by atoms with E-state index in [0.29, 0.717) is 12.8 Å². The standard InChI is InChI=1S/C28H29FN4O2/c1-32-17-31-26(18-2-5-21(29)6-3-18)27(32)19-4-7-23-20(14-19)15-22(16-30-23)33-12-10-28(11-13-33)24(34)8-9-25(28)35/h2-7,14-17,24-25,34-35H,8-13H2,1H3. The van der Waals surface area contributed by atoms with Gasteiger partial charge in [0.15, 0.2) is 0 Å². The summed E-state index contributed by atoms with van der Waals surface area (Å²) in [5.41, 5.74) is 5.27. The Morgan fingerprint density at radius 2 is 1.60 bits per heavy atom. The van der Waals surface area contributed by atoms with Gasteiger partial charge in [-0.05, 0) is 68.1 Å². The first-order chi connectivity index (χ1) is 16.9. The van der Waals surface area contributed by atoms with E-state index in [0.717, 1.165) is 65.0 Å². The van der Waals surface area contributed by atoms with Gasteiger partial charge in [-0.2, -0.15) is 0 Å². The van der Waals surface area contributed by atoms with Crippen molar-refractivity contribution in [1.82, 2.24) is 14.5 Å². The van der Waals surface area contributed by atoms with Gasteiger partial charge in [0.2, 0.25) is 0 Å². The Kier molecular flexibility index (Phi) is 5.34. The Balaban J connectivity index is 1.31. The molecule has 2 unspecified atom stereocenters. The van der Waals surface area contributed by atoms with Crippen LogP contribution in [0.15, 0.2) is 61.1 Å². The molecule has 6 rings (SSSR count). The number of rotatable bonds is 3. The van der Waals surface area contributed by atoms with Crippen molar-refractivity contribution >= 4 is 16.6 Å². The van der Waals surface area contributed by atoms with Gasteiger partial charge in [0, 0.05) is 42.1 Å². The van der Waals surface area contributed by atoms with Crippen molar-refractivity contribution in [3.05, 3.63) is 66.9 Å². The van der Waals surface area contributed by atoms with E-state index < -0.39 is 12.2 Å². The number of aryl methyl sites for hydroxylation is 1. The van der Waals surface area contributed by atoms with Gasteiger partial charge in [-0.15, -0.1) is 0 Å². The second kappa shape index (κ2) is 8.43. The van der Waals surface area contributed by atoms with Crippen molar-refractivity contribution in [1.29, 1.82) is 0 Å². The number of halogens is 1. The minimum atomic E-state index is -0.411. The fraction of sp³-hybridized carbons (Fsp3) is 0.357. The van der Waals surface area contributed by atoms with Gasteiger partial charge in [-0.3, -0.25) is 4.98 Å². The van der Waals surface area contributed by atoms with E-state index >= 15 is 0 Å². The van der Waals surface area contributed by atoms with Crippen molar-refractivity contribution in [2.75, 3.05) is 18.0 Å². The zero-order valence-electron chi connectivity index (χ0n) is 19.7. The number of fused-ring (bicyclic) bond motifs is 1. The molecule has 4 aromatic rings. The highest BCUT2D eigenvalue weighted by Gasteiger charge is 2.50. The quantitative estimate of drug-likeness (QED) is 0.458. The maximum absolute atomic E-state index is 13.5. The minimum absolute atomic E-state index is 0.267. The van der Waals surface area contributed by atoms with Gasteiger partial charge in [0.25, 0.3) is 0 Å². The molecule has 7 heteroatoms. The monoisotopic (exact) mass is 472 g/mol. The predicted molar refractivity (Wildman–Crippen MR) is 134 cm³/mol. The van der Waals surface area contributed by atoms with Crippen LogP contribution >= 0.6 is 0 Å². The zero-order valence-corrected chi connectivity index (χ0v) is 19.7. The SMILES string of the molecule is Cn1cnc(-c2ccc(F)cc2)c1-c1ccc2ncc(N3CCC4(CC3)C(O)CCC4O)cc2c1. The van der Waals surface area contributed by atoms with Crippen LogP contribution in [0.1, 0.15) is 25.7 Å². The first-order valence-corrected chi connectivity index (χ1v) is 12.2. The third kappa shape index (κ3) is 3.70. The highest BCUT2D eigenvalue weighted by molar-refractivity contribution is 5.89. The Bertz CT molecular complexity index is 1360. The lowest BCUT2D eigenvalue weighted by Crippen LogP contribution is -2.48. The molecule has 1 spiro atoms. The maximum Gasteiger partial charge on any atom is 0.123 e. The van der Waals surface area contributed by atoms with Crippen LogP contribution in [-0.4, -0.2) is 50.0 Å². The smallest absolute Gasteiger partial charge is 0.123 e. The maximum atomic E-state index is 13.5. The summed E-state index contributed by atoms with van der Waals surface area (Å²) < 4.78 is 15.4. The Labute approximate surface area is 203 Å². The van der Waals surface area contributed by atoms with Crippen molar-refractivity contribution in [2.45, 2.75) is 37.9 Å². The molecule has 2 N–H and O–H groups in total. The summed E-state index contributed by atoms with van der Waals surface area (Å²) in [4.78, 5) is 11.6. The van der Waals surface area contributed by atoms with Gasteiger partial charge < -0.3 is 19.7 Å². The largest absolute Gasteiger partial charge is 0.392 e. The molecule has 1 aliphatic heterocycles. The molecule has 6 nitrogen and oxygen atoms in total. The highest BCUT2D eigenvalue weighted by Crippen LogP contribution is 2.47. The summed E-state index contributed by atoms with van der Waals surface area (Å²) in [6, 6.07) is 14.8. The molecule has 2 aromatic heterocycles. The van der Waals surface area contributed by atoms with E-state index in [1.54, 1.807) is 18.5 Å². The molecule has 3 heterocycles. The molecular weight excluding hydrogens is 443 g/mol. The number of imidazole rings is 1. The molecule has 0 bridgehead atoms. The topological polar surface area (TPSA) is 74.4 Å². The number of aromatic nitrogens is 3. The summed E-state index contributed by atoms with van der Waals surface area (Å²) >= 11 is 0. The zero-order chi connectivity index (χ0) is 24.2. The average molecular weight is 473 g/mol. The number of pyridine rings is 1. The normalized spacial score (nSPS) is 21.8. The summed E-state index contributed by atoms with van der Waals surface area (Å²) in [5.74, 6) is -0.267. The molecule has 2 atom stereocenters. The number of aliphatic hydroxyl groups is 2.